The summed E-state index contributed by atoms with van der Waals surface area (Å²) in [6, 6.07) is 2.00. The van der Waals surface area contributed by atoms with E-state index in [0.717, 1.165) is 50.8 Å². The summed E-state index contributed by atoms with van der Waals surface area (Å²) in [4.78, 5) is 2.16. The van der Waals surface area contributed by atoms with Crippen molar-refractivity contribution in [3.05, 3.63) is 17.5 Å². The minimum atomic E-state index is 0.755. The van der Waals surface area contributed by atoms with Crippen LogP contribution in [0.15, 0.2) is 10.6 Å². The van der Waals surface area contributed by atoms with Crippen molar-refractivity contribution in [2.45, 2.75) is 26.9 Å². The van der Waals surface area contributed by atoms with Gasteiger partial charge >= 0.3 is 0 Å². The topological polar surface area (TPSA) is 50.5 Å². The molecule has 0 unspecified atom stereocenters. The van der Waals surface area contributed by atoms with Crippen molar-refractivity contribution in [1.82, 2.24) is 15.4 Å². The van der Waals surface area contributed by atoms with Crippen LogP contribution in [0, 0.1) is 0 Å². The highest BCUT2D eigenvalue weighted by molar-refractivity contribution is 5.04. The van der Waals surface area contributed by atoms with Crippen LogP contribution in [0.5, 0.6) is 0 Å². The first-order chi connectivity index (χ1) is 8.26. The SMILES string of the molecule is CCNCc1cc(CN(C)CCOCC)on1. The summed E-state index contributed by atoms with van der Waals surface area (Å²) >= 11 is 0. The lowest BCUT2D eigenvalue weighted by atomic mass is 10.3. The second-order valence-corrected chi connectivity index (χ2v) is 4.00. The summed E-state index contributed by atoms with van der Waals surface area (Å²) in [6.07, 6.45) is 0. The lowest BCUT2D eigenvalue weighted by Gasteiger charge is -2.13. The molecule has 5 nitrogen and oxygen atoms in total. The van der Waals surface area contributed by atoms with Gasteiger partial charge in [0.05, 0.1) is 18.8 Å². The van der Waals surface area contributed by atoms with Gasteiger partial charge in [-0.25, -0.2) is 0 Å². The number of likely N-dealkylation sites (N-methyl/N-ethyl adjacent to an activating group) is 1. The fourth-order valence-corrected chi connectivity index (χ4v) is 1.48. The van der Waals surface area contributed by atoms with Crippen molar-refractivity contribution in [2.24, 2.45) is 0 Å². The first-order valence-corrected chi connectivity index (χ1v) is 6.17. The summed E-state index contributed by atoms with van der Waals surface area (Å²) in [5.41, 5.74) is 0.958. The Bertz CT molecular complexity index is 302. The minimum absolute atomic E-state index is 0.755. The van der Waals surface area contributed by atoms with E-state index in [4.69, 9.17) is 9.26 Å². The first kappa shape index (κ1) is 14.2. The number of hydrogen-bond acceptors (Lipinski definition) is 5. The number of nitrogens with zero attached hydrogens (tertiary/aromatic N) is 2. The normalized spacial score (nSPS) is 11.3. The molecule has 98 valence electrons. The highest BCUT2D eigenvalue weighted by Gasteiger charge is 2.06. The standard InChI is InChI=1S/C12H23N3O2/c1-4-13-9-11-8-12(17-14-11)10-15(3)6-7-16-5-2/h8,13H,4-7,9-10H2,1-3H3. The number of ether oxygens (including phenoxy) is 1. The van der Waals surface area contributed by atoms with E-state index in [1.165, 1.54) is 0 Å². The van der Waals surface area contributed by atoms with Crippen LogP contribution >= 0.6 is 0 Å². The molecule has 0 spiro atoms. The number of aromatic nitrogens is 1. The fourth-order valence-electron chi connectivity index (χ4n) is 1.48. The molecule has 0 saturated carbocycles. The van der Waals surface area contributed by atoms with Crippen molar-refractivity contribution in [3.63, 3.8) is 0 Å². The van der Waals surface area contributed by atoms with Gasteiger partial charge in [0.1, 0.15) is 0 Å². The van der Waals surface area contributed by atoms with Crippen LogP contribution in [0.4, 0.5) is 0 Å². The monoisotopic (exact) mass is 241 g/mol. The van der Waals surface area contributed by atoms with Gasteiger partial charge in [0.2, 0.25) is 0 Å². The molecule has 0 aromatic carbocycles. The van der Waals surface area contributed by atoms with Crippen LogP contribution in [-0.4, -0.2) is 43.4 Å². The highest BCUT2D eigenvalue weighted by atomic mass is 16.5. The molecule has 0 amide bonds. The smallest absolute Gasteiger partial charge is 0.151 e. The van der Waals surface area contributed by atoms with Crippen molar-refractivity contribution >= 4 is 0 Å². The third-order valence-corrected chi connectivity index (χ3v) is 2.41. The maximum Gasteiger partial charge on any atom is 0.151 e. The Kier molecular flexibility index (Phi) is 6.84. The van der Waals surface area contributed by atoms with Gasteiger partial charge in [0.25, 0.3) is 0 Å². The Labute approximate surface area is 103 Å². The molecule has 0 saturated heterocycles. The molecule has 5 heteroatoms. The molecule has 1 N–H and O–H groups in total. The van der Waals surface area contributed by atoms with E-state index >= 15 is 0 Å². The van der Waals surface area contributed by atoms with E-state index < -0.39 is 0 Å². The second-order valence-electron chi connectivity index (χ2n) is 4.00. The van der Waals surface area contributed by atoms with Gasteiger partial charge < -0.3 is 14.6 Å². The van der Waals surface area contributed by atoms with Crippen LogP contribution in [0.3, 0.4) is 0 Å². The number of rotatable bonds is 9. The molecule has 0 bridgehead atoms. The third kappa shape index (κ3) is 5.81. The van der Waals surface area contributed by atoms with Gasteiger partial charge in [-0.3, -0.25) is 4.90 Å². The zero-order valence-corrected chi connectivity index (χ0v) is 11.0. The Hall–Kier alpha value is -0.910. The summed E-state index contributed by atoms with van der Waals surface area (Å²) < 4.78 is 10.6. The van der Waals surface area contributed by atoms with Crippen LogP contribution in [0.25, 0.3) is 0 Å². The second kappa shape index (κ2) is 8.22. The van der Waals surface area contributed by atoms with Crippen LogP contribution in [-0.2, 0) is 17.8 Å². The average Bonchev–Trinajstić information content (AvgIpc) is 2.74. The molecular formula is C12H23N3O2. The molecule has 0 aliphatic heterocycles. The molecule has 0 radical (unpaired) electrons. The van der Waals surface area contributed by atoms with Crippen molar-refractivity contribution in [2.75, 3.05) is 33.4 Å². The zero-order chi connectivity index (χ0) is 12.5. The van der Waals surface area contributed by atoms with E-state index in [-0.39, 0.29) is 0 Å². The molecule has 1 aromatic rings. The fraction of sp³-hybridized carbons (Fsp3) is 0.750. The maximum absolute atomic E-state index is 5.30. The Balaban J connectivity index is 2.27. The van der Waals surface area contributed by atoms with E-state index in [2.05, 4.69) is 22.3 Å². The van der Waals surface area contributed by atoms with Gasteiger partial charge in [0, 0.05) is 25.8 Å². The van der Waals surface area contributed by atoms with E-state index in [9.17, 15) is 0 Å². The molecule has 1 aromatic heterocycles. The Morgan fingerprint density at radius 1 is 1.47 bits per heavy atom. The van der Waals surface area contributed by atoms with E-state index in [1.807, 2.05) is 20.0 Å². The molecule has 0 atom stereocenters. The van der Waals surface area contributed by atoms with Gasteiger partial charge in [-0.05, 0) is 20.5 Å². The molecular weight excluding hydrogens is 218 g/mol. The predicted octanol–water partition coefficient (Wildman–Crippen LogP) is 1.25. The summed E-state index contributed by atoms with van der Waals surface area (Å²) in [5, 5.41) is 7.22. The van der Waals surface area contributed by atoms with Crippen LogP contribution < -0.4 is 5.32 Å². The predicted molar refractivity (Wildman–Crippen MR) is 66.7 cm³/mol. The highest BCUT2D eigenvalue weighted by Crippen LogP contribution is 2.06. The summed E-state index contributed by atoms with van der Waals surface area (Å²) in [5.74, 6) is 0.900. The molecule has 1 heterocycles. The lowest BCUT2D eigenvalue weighted by molar-refractivity contribution is 0.117. The molecule has 1 rings (SSSR count). The van der Waals surface area contributed by atoms with Crippen LogP contribution in [0.1, 0.15) is 25.3 Å². The zero-order valence-electron chi connectivity index (χ0n) is 11.0. The summed E-state index contributed by atoms with van der Waals surface area (Å²) in [7, 11) is 2.05. The Morgan fingerprint density at radius 3 is 3.00 bits per heavy atom. The largest absolute Gasteiger partial charge is 0.380 e. The molecule has 0 aliphatic rings. The molecule has 17 heavy (non-hydrogen) atoms. The van der Waals surface area contributed by atoms with E-state index in [0.29, 0.717) is 0 Å². The lowest BCUT2D eigenvalue weighted by Crippen LogP contribution is -2.22. The van der Waals surface area contributed by atoms with Gasteiger partial charge in [-0.1, -0.05) is 12.1 Å². The third-order valence-electron chi connectivity index (χ3n) is 2.41. The number of hydrogen-bond donors (Lipinski definition) is 1. The van der Waals surface area contributed by atoms with Crippen LogP contribution in [0.2, 0.25) is 0 Å². The molecule has 0 fully saturated rings. The minimum Gasteiger partial charge on any atom is -0.380 e. The van der Waals surface area contributed by atoms with E-state index in [1.54, 1.807) is 0 Å². The summed E-state index contributed by atoms with van der Waals surface area (Å²) in [6.45, 7) is 8.97. The number of nitrogens with one attached hydrogen (secondary N) is 1. The first-order valence-electron chi connectivity index (χ1n) is 6.17. The Morgan fingerprint density at radius 2 is 2.29 bits per heavy atom. The van der Waals surface area contributed by atoms with Gasteiger partial charge in [-0.15, -0.1) is 0 Å². The van der Waals surface area contributed by atoms with Crippen molar-refractivity contribution in [1.29, 1.82) is 0 Å². The van der Waals surface area contributed by atoms with Crippen molar-refractivity contribution in [3.8, 4) is 0 Å². The van der Waals surface area contributed by atoms with Crippen molar-refractivity contribution < 1.29 is 9.26 Å². The quantitative estimate of drug-likeness (QED) is 0.659. The maximum atomic E-state index is 5.30. The van der Waals surface area contributed by atoms with Gasteiger partial charge in [0.15, 0.2) is 5.76 Å². The molecule has 0 aliphatic carbocycles. The van der Waals surface area contributed by atoms with Gasteiger partial charge in [-0.2, -0.15) is 0 Å². The average molecular weight is 241 g/mol.